The number of fused-ring (bicyclic) bond motifs is 1. The quantitative estimate of drug-likeness (QED) is 0.740. The number of hydrogen-bond acceptors (Lipinski definition) is 3. The minimum Gasteiger partial charge on any atom is -0.364 e. The van der Waals surface area contributed by atoms with Gasteiger partial charge in [0.15, 0.2) is 0 Å². The van der Waals surface area contributed by atoms with E-state index < -0.39 is 5.91 Å². The number of nitrogens with one attached hydrogen (secondary N) is 1. The van der Waals surface area contributed by atoms with Gasteiger partial charge in [-0.05, 0) is 29.6 Å². The molecule has 0 atom stereocenters. The van der Waals surface area contributed by atoms with Gasteiger partial charge in [0.25, 0.3) is 5.91 Å². The molecule has 0 aliphatic carbocycles. The smallest absolute Gasteiger partial charge is 0.266 e. The third-order valence-corrected chi connectivity index (χ3v) is 5.28. The van der Waals surface area contributed by atoms with Crippen LogP contribution in [-0.4, -0.2) is 10.9 Å². The largest absolute Gasteiger partial charge is 0.364 e. The van der Waals surface area contributed by atoms with Crippen LogP contribution in [0.4, 0.5) is 0 Å². The number of nitrogens with two attached hydrogens (primary N) is 1. The molecule has 0 unspecified atom stereocenters. The molecule has 1 amide bonds. The Labute approximate surface area is 126 Å². The zero-order valence-electron chi connectivity index (χ0n) is 9.64. The lowest BCUT2D eigenvalue weighted by atomic mass is 10.4. The fourth-order valence-electron chi connectivity index (χ4n) is 1.81. The number of rotatable bonds is 3. The van der Waals surface area contributed by atoms with Gasteiger partial charge in [-0.25, -0.2) is 0 Å². The van der Waals surface area contributed by atoms with Crippen molar-refractivity contribution < 1.29 is 4.79 Å². The number of H-pyrrole nitrogens is 1. The highest BCUT2D eigenvalue weighted by Gasteiger charge is 2.17. The molecule has 2 aromatic heterocycles. The molecule has 0 bridgehead atoms. The summed E-state index contributed by atoms with van der Waals surface area (Å²) >= 11 is 6.60. The van der Waals surface area contributed by atoms with E-state index in [0.717, 1.165) is 24.5 Å². The van der Waals surface area contributed by atoms with Crippen molar-refractivity contribution in [3.63, 3.8) is 0 Å². The van der Waals surface area contributed by atoms with Gasteiger partial charge >= 0.3 is 0 Å². The molecule has 0 fully saturated rings. The third kappa shape index (κ3) is 2.43. The standard InChI is InChI=1S/C13H9BrN2OS2/c14-7-2-1-3-8(6-7)19-12-10(13(15)17)16-9-4-5-18-11(9)12/h1-6,16H,(H2,15,17). The molecule has 3 nitrogen and oxygen atoms in total. The van der Waals surface area contributed by atoms with Crippen LogP contribution in [0.1, 0.15) is 10.5 Å². The Bertz CT molecular complexity index is 763. The first-order valence-electron chi connectivity index (χ1n) is 5.47. The van der Waals surface area contributed by atoms with E-state index in [-0.39, 0.29) is 0 Å². The number of carbonyl (C=O) groups excluding carboxylic acids is 1. The maximum atomic E-state index is 11.5. The molecule has 0 saturated carbocycles. The highest BCUT2D eigenvalue weighted by molar-refractivity contribution is 9.10. The number of carbonyl (C=O) groups is 1. The molecule has 3 rings (SSSR count). The summed E-state index contributed by atoms with van der Waals surface area (Å²) in [7, 11) is 0. The Hall–Kier alpha value is -1.24. The van der Waals surface area contributed by atoms with Gasteiger partial charge in [0, 0.05) is 9.37 Å². The summed E-state index contributed by atoms with van der Waals surface area (Å²) < 4.78 is 2.08. The second-order valence-electron chi connectivity index (χ2n) is 3.92. The molecule has 96 valence electrons. The summed E-state index contributed by atoms with van der Waals surface area (Å²) in [4.78, 5) is 16.6. The number of halogens is 1. The Morgan fingerprint density at radius 3 is 2.95 bits per heavy atom. The van der Waals surface area contributed by atoms with Gasteiger partial charge in [-0.1, -0.05) is 33.8 Å². The van der Waals surface area contributed by atoms with Crippen molar-refractivity contribution in [3.05, 3.63) is 45.9 Å². The van der Waals surface area contributed by atoms with Crippen LogP contribution in [-0.2, 0) is 0 Å². The van der Waals surface area contributed by atoms with E-state index in [2.05, 4.69) is 20.9 Å². The zero-order chi connectivity index (χ0) is 13.4. The highest BCUT2D eigenvalue weighted by atomic mass is 79.9. The van der Waals surface area contributed by atoms with Gasteiger partial charge < -0.3 is 10.7 Å². The average molecular weight is 353 g/mol. The number of benzene rings is 1. The molecule has 3 N–H and O–H groups in total. The Morgan fingerprint density at radius 2 is 2.21 bits per heavy atom. The number of primary amides is 1. The number of hydrogen-bond donors (Lipinski definition) is 2. The van der Waals surface area contributed by atoms with E-state index >= 15 is 0 Å². The van der Waals surface area contributed by atoms with Crippen molar-refractivity contribution in [2.75, 3.05) is 0 Å². The molecular formula is C13H9BrN2OS2. The molecule has 19 heavy (non-hydrogen) atoms. The number of amides is 1. The lowest BCUT2D eigenvalue weighted by Crippen LogP contribution is -2.12. The molecule has 0 saturated heterocycles. The summed E-state index contributed by atoms with van der Waals surface area (Å²) in [6.45, 7) is 0. The first-order chi connectivity index (χ1) is 9.15. The Balaban J connectivity index is 2.10. The van der Waals surface area contributed by atoms with Crippen LogP contribution in [0.5, 0.6) is 0 Å². The number of aromatic amines is 1. The average Bonchev–Trinajstić information content (AvgIpc) is 2.92. The summed E-state index contributed by atoms with van der Waals surface area (Å²) in [6, 6.07) is 9.91. The summed E-state index contributed by atoms with van der Waals surface area (Å²) in [5.74, 6) is -0.430. The van der Waals surface area contributed by atoms with E-state index in [1.54, 1.807) is 23.1 Å². The first kappa shape index (κ1) is 12.8. The third-order valence-electron chi connectivity index (χ3n) is 2.62. The molecular weight excluding hydrogens is 344 g/mol. The minimum atomic E-state index is -0.430. The van der Waals surface area contributed by atoms with Crippen molar-refractivity contribution in [2.45, 2.75) is 9.79 Å². The van der Waals surface area contributed by atoms with E-state index in [1.165, 1.54) is 0 Å². The molecule has 2 heterocycles. The van der Waals surface area contributed by atoms with Gasteiger partial charge in [0.2, 0.25) is 0 Å². The molecule has 0 spiro atoms. The fraction of sp³-hybridized carbons (Fsp3) is 0. The molecule has 1 aromatic carbocycles. The van der Waals surface area contributed by atoms with Gasteiger partial charge in [-0.2, -0.15) is 0 Å². The lowest BCUT2D eigenvalue weighted by molar-refractivity contribution is 0.0993. The van der Waals surface area contributed by atoms with E-state index in [4.69, 9.17) is 5.73 Å². The summed E-state index contributed by atoms with van der Waals surface area (Å²) in [6.07, 6.45) is 0. The van der Waals surface area contributed by atoms with Crippen LogP contribution in [0.3, 0.4) is 0 Å². The first-order valence-corrected chi connectivity index (χ1v) is 7.96. The number of thiophene rings is 1. The normalized spacial score (nSPS) is 11.0. The number of aromatic nitrogens is 1. The second-order valence-corrected chi connectivity index (χ2v) is 6.83. The van der Waals surface area contributed by atoms with Gasteiger partial charge in [-0.15, -0.1) is 11.3 Å². The SMILES string of the molecule is NC(=O)c1[nH]c2ccsc2c1Sc1cccc(Br)c1. The van der Waals surface area contributed by atoms with Crippen molar-refractivity contribution in [3.8, 4) is 0 Å². The maximum absolute atomic E-state index is 11.5. The fourth-order valence-corrected chi connectivity index (χ4v) is 4.45. The monoisotopic (exact) mass is 352 g/mol. The van der Waals surface area contributed by atoms with Crippen LogP contribution in [0.15, 0.2) is 50.0 Å². The summed E-state index contributed by atoms with van der Waals surface area (Å²) in [5, 5.41) is 2.00. The van der Waals surface area contributed by atoms with Crippen molar-refractivity contribution in [1.29, 1.82) is 0 Å². The van der Waals surface area contributed by atoms with E-state index in [9.17, 15) is 4.79 Å². The predicted molar refractivity (Wildman–Crippen MR) is 83.0 cm³/mol. The maximum Gasteiger partial charge on any atom is 0.266 e. The van der Waals surface area contributed by atoms with Crippen LogP contribution in [0.2, 0.25) is 0 Å². The molecule has 6 heteroatoms. The van der Waals surface area contributed by atoms with Gasteiger partial charge in [0.1, 0.15) is 5.69 Å². The molecule has 3 aromatic rings. The van der Waals surface area contributed by atoms with Crippen LogP contribution >= 0.6 is 39.0 Å². The Kier molecular flexibility index (Phi) is 3.38. The molecule has 0 radical (unpaired) electrons. The van der Waals surface area contributed by atoms with Gasteiger partial charge in [-0.3, -0.25) is 4.79 Å². The van der Waals surface area contributed by atoms with Crippen molar-refractivity contribution in [1.82, 2.24) is 4.98 Å². The lowest BCUT2D eigenvalue weighted by Gasteiger charge is -2.02. The topological polar surface area (TPSA) is 58.9 Å². The van der Waals surface area contributed by atoms with Crippen LogP contribution < -0.4 is 5.73 Å². The zero-order valence-corrected chi connectivity index (χ0v) is 12.9. The predicted octanol–water partition coefficient (Wildman–Crippen LogP) is 4.24. The molecule has 0 aliphatic heterocycles. The minimum absolute atomic E-state index is 0.430. The van der Waals surface area contributed by atoms with Gasteiger partial charge in [0.05, 0.1) is 15.1 Å². The van der Waals surface area contributed by atoms with Crippen molar-refractivity contribution >= 4 is 55.2 Å². The second kappa shape index (κ2) is 5.03. The summed E-state index contributed by atoms with van der Waals surface area (Å²) in [5.41, 5.74) is 6.87. The van der Waals surface area contributed by atoms with Crippen LogP contribution in [0.25, 0.3) is 10.2 Å². The highest BCUT2D eigenvalue weighted by Crippen LogP contribution is 2.39. The Morgan fingerprint density at radius 1 is 1.37 bits per heavy atom. The van der Waals surface area contributed by atoms with E-state index in [1.807, 2.05) is 35.7 Å². The van der Waals surface area contributed by atoms with Crippen LogP contribution in [0, 0.1) is 0 Å². The molecule has 0 aliphatic rings. The van der Waals surface area contributed by atoms with Crippen molar-refractivity contribution in [2.24, 2.45) is 5.73 Å². The van der Waals surface area contributed by atoms with E-state index in [0.29, 0.717) is 5.69 Å².